The molecule has 1 atom stereocenters. The van der Waals surface area contributed by atoms with Crippen LogP contribution in [0.5, 0.6) is 0 Å². The highest BCUT2D eigenvalue weighted by Crippen LogP contribution is 2.33. The Hall–Kier alpha value is -2.38. The SMILES string of the molecule is CC(c1nnc(-c2cccc(Cl)c2)o1)N(C)Cc1ccccc1C(F)(F)F. The van der Waals surface area contributed by atoms with Crippen LogP contribution >= 0.6 is 11.6 Å². The fourth-order valence-corrected chi connectivity index (χ4v) is 2.86. The quantitative estimate of drug-likeness (QED) is 0.563. The minimum atomic E-state index is -4.40. The predicted molar refractivity (Wildman–Crippen MR) is 96.1 cm³/mol. The Balaban J connectivity index is 1.78. The molecule has 142 valence electrons. The number of hydrogen-bond acceptors (Lipinski definition) is 4. The first-order valence-electron chi connectivity index (χ1n) is 8.20. The van der Waals surface area contributed by atoms with E-state index in [1.54, 1.807) is 49.2 Å². The molecule has 0 bridgehead atoms. The zero-order valence-electron chi connectivity index (χ0n) is 14.7. The van der Waals surface area contributed by atoms with Gasteiger partial charge in [-0.3, -0.25) is 4.90 Å². The fraction of sp³-hybridized carbons (Fsp3) is 0.263. The van der Waals surface area contributed by atoms with Crippen LogP contribution in [0.25, 0.3) is 11.5 Å². The lowest BCUT2D eigenvalue weighted by Gasteiger charge is -2.23. The topological polar surface area (TPSA) is 42.2 Å². The highest BCUT2D eigenvalue weighted by atomic mass is 35.5. The summed E-state index contributed by atoms with van der Waals surface area (Å²) in [6.07, 6.45) is -4.40. The van der Waals surface area contributed by atoms with E-state index in [0.29, 0.717) is 22.4 Å². The van der Waals surface area contributed by atoms with Gasteiger partial charge in [0.2, 0.25) is 11.8 Å². The van der Waals surface area contributed by atoms with Crippen LogP contribution in [0.3, 0.4) is 0 Å². The number of aromatic nitrogens is 2. The minimum Gasteiger partial charge on any atom is -0.419 e. The molecule has 0 amide bonds. The number of nitrogens with zero attached hydrogens (tertiary/aromatic N) is 3. The molecule has 4 nitrogen and oxygen atoms in total. The molecular formula is C19H17ClF3N3O. The van der Waals surface area contributed by atoms with Gasteiger partial charge in [0.25, 0.3) is 0 Å². The second-order valence-corrected chi connectivity index (χ2v) is 6.64. The third kappa shape index (κ3) is 4.48. The van der Waals surface area contributed by atoms with Gasteiger partial charge in [-0.1, -0.05) is 35.9 Å². The van der Waals surface area contributed by atoms with Crippen molar-refractivity contribution >= 4 is 11.6 Å². The van der Waals surface area contributed by atoms with E-state index in [2.05, 4.69) is 10.2 Å². The van der Waals surface area contributed by atoms with E-state index in [1.807, 2.05) is 0 Å². The molecule has 3 rings (SSSR count). The number of benzene rings is 2. The van der Waals surface area contributed by atoms with E-state index in [4.69, 9.17) is 16.0 Å². The molecule has 8 heteroatoms. The van der Waals surface area contributed by atoms with Crippen molar-refractivity contribution in [3.8, 4) is 11.5 Å². The molecule has 1 aromatic heterocycles. The van der Waals surface area contributed by atoms with Gasteiger partial charge >= 0.3 is 6.18 Å². The van der Waals surface area contributed by atoms with Crippen molar-refractivity contribution in [1.29, 1.82) is 0 Å². The summed E-state index contributed by atoms with van der Waals surface area (Å²) in [6.45, 7) is 1.89. The highest BCUT2D eigenvalue weighted by Gasteiger charge is 2.33. The summed E-state index contributed by atoms with van der Waals surface area (Å²) < 4.78 is 45.2. The molecule has 0 fully saturated rings. The van der Waals surface area contributed by atoms with Crippen molar-refractivity contribution in [2.75, 3.05) is 7.05 Å². The van der Waals surface area contributed by atoms with E-state index in [1.165, 1.54) is 12.1 Å². The summed E-state index contributed by atoms with van der Waals surface area (Å²) in [4.78, 5) is 1.72. The number of alkyl halides is 3. The van der Waals surface area contributed by atoms with Crippen LogP contribution in [0.4, 0.5) is 13.2 Å². The van der Waals surface area contributed by atoms with Gasteiger partial charge in [-0.05, 0) is 43.8 Å². The van der Waals surface area contributed by atoms with Gasteiger partial charge in [-0.25, -0.2) is 0 Å². The van der Waals surface area contributed by atoms with Crippen LogP contribution in [0, 0.1) is 0 Å². The molecular weight excluding hydrogens is 379 g/mol. The Morgan fingerprint density at radius 3 is 2.56 bits per heavy atom. The minimum absolute atomic E-state index is 0.0890. The monoisotopic (exact) mass is 395 g/mol. The van der Waals surface area contributed by atoms with Crippen molar-refractivity contribution in [2.24, 2.45) is 0 Å². The van der Waals surface area contributed by atoms with Crippen molar-refractivity contribution in [1.82, 2.24) is 15.1 Å². The smallest absolute Gasteiger partial charge is 0.416 e. The number of halogens is 4. The third-order valence-corrected chi connectivity index (χ3v) is 4.51. The highest BCUT2D eigenvalue weighted by molar-refractivity contribution is 6.30. The van der Waals surface area contributed by atoms with Crippen molar-refractivity contribution in [3.63, 3.8) is 0 Å². The largest absolute Gasteiger partial charge is 0.419 e. The van der Waals surface area contributed by atoms with E-state index in [9.17, 15) is 13.2 Å². The molecule has 0 N–H and O–H groups in total. The van der Waals surface area contributed by atoms with Gasteiger partial charge in [0, 0.05) is 17.1 Å². The molecule has 0 radical (unpaired) electrons. The van der Waals surface area contributed by atoms with Crippen molar-refractivity contribution in [2.45, 2.75) is 25.7 Å². The van der Waals surface area contributed by atoms with Crippen LogP contribution in [0.2, 0.25) is 5.02 Å². The van der Waals surface area contributed by atoms with Crippen molar-refractivity contribution < 1.29 is 17.6 Å². The van der Waals surface area contributed by atoms with E-state index in [-0.39, 0.29) is 18.2 Å². The molecule has 1 unspecified atom stereocenters. The Bertz CT molecular complexity index is 926. The lowest BCUT2D eigenvalue weighted by atomic mass is 10.1. The molecule has 0 aliphatic carbocycles. The molecule has 0 spiro atoms. The Kier molecular flexibility index (Phi) is 5.53. The third-order valence-electron chi connectivity index (χ3n) is 4.27. The lowest BCUT2D eigenvalue weighted by Crippen LogP contribution is -2.24. The number of rotatable bonds is 5. The first kappa shape index (κ1) is 19.4. The molecule has 0 aliphatic heterocycles. The van der Waals surface area contributed by atoms with Gasteiger partial charge in [0.15, 0.2) is 0 Å². The standard InChI is InChI=1S/C19H17ClF3N3O/c1-12(17-24-25-18(27-17)13-7-5-8-15(20)10-13)26(2)11-14-6-3-4-9-16(14)19(21,22)23/h3-10,12H,11H2,1-2H3. The van der Waals surface area contributed by atoms with Gasteiger partial charge < -0.3 is 4.42 Å². The number of hydrogen-bond donors (Lipinski definition) is 0. The lowest BCUT2D eigenvalue weighted by molar-refractivity contribution is -0.138. The van der Waals surface area contributed by atoms with Crippen LogP contribution < -0.4 is 0 Å². The first-order valence-corrected chi connectivity index (χ1v) is 8.58. The van der Waals surface area contributed by atoms with E-state index < -0.39 is 11.7 Å². The second kappa shape index (κ2) is 7.70. The summed E-state index contributed by atoms with van der Waals surface area (Å²) in [6, 6.07) is 12.1. The van der Waals surface area contributed by atoms with Gasteiger partial charge in [-0.15, -0.1) is 10.2 Å². The summed E-state index contributed by atoms with van der Waals surface area (Å²) in [5.41, 5.74) is 0.224. The molecule has 2 aromatic carbocycles. The Morgan fingerprint density at radius 2 is 1.85 bits per heavy atom. The Morgan fingerprint density at radius 1 is 1.11 bits per heavy atom. The zero-order valence-corrected chi connectivity index (χ0v) is 15.4. The normalized spacial score (nSPS) is 13.1. The zero-order chi connectivity index (χ0) is 19.6. The van der Waals surface area contributed by atoms with Crippen LogP contribution in [0.1, 0.15) is 30.0 Å². The first-order chi connectivity index (χ1) is 12.8. The summed E-state index contributed by atoms with van der Waals surface area (Å²) >= 11 is 5.97. The maximum atomic E-state index is 13.2. The molecule has 3 aromatic rings. The molecule has 0 saturated carbocycles. The van der Waals surface area contributed by atoms with Crippen LogP contribution in [-0.2, 0) is 12.7 Å². The van der Waals surface area contributed by atoms with Gasteiger partial charge in [0.05, 0.1) is 11.6 Å². The fourth-order valence-electron chi connectivity index (χ4n) is 2.67. The van der Waals surface area contributed by atoms with Crippen molar-refractivity contribution in [3.05, 3.63) is 70.6 Å². The molecule has 0 aliphatic rings. The maximum absolute atomic E-state index is 13.2. The molecule has 27 heavy (non-hydrogen) atoms. The van der Waals surface area contributed by atoms with Gasteiger partial charge in [-0.2, -0.15) is 13.2 Å². The van der Waals surface area contributed by atoms with E-state index in [0.717, 1.165) is 6.07 Å². The van der Waals surface area contributed by atoms with Crippen LogP contribution in [-0.4, -0.2) is 22.1 Å². The van der Waals surface area contributed by atoms with E-state index >= 15 is 0 Å². The molecule has 1 heterocycles. The summed E-state index contributed by atoms with van der Waals surface area (Å²) in [5, 5.41) is 8.59. The summed E-state index contributed by atoms with van der Waals surface area (Å²) in [5.74, 6) is 0.625. The second-order valence-electron chi connectivity index (χ2n) is 6.20. The molecule has 0 saturated heterocycles. The average molecular weight is 396 g/mol. The predicted octanol–water partition coefficient (Wildman–Crippen LogP) is 5.60. The summed E-state index contributed by atoms with van der Waals surface area (Å²) in [7, 11) is 1.71. The average Bonchev–Trinajstić information content (AvgIpc) is 3.10. The van der Waals surface area contributed by atoms with Crippen LogP contribution in [0.15, 0.2) is 52.9 Å². The maximum Gasteiger partial charge on any atom is 0.416 e. The van der Waals surface area contributed by atoms with Gasteiger partial charge in [0.1, 0.15) is 0 Å². The Labute approximate surface area is 159 Å².